The molecule has 0 unspecified atom stereocenters. The Bertz CT molecular complexity index is 2070. The van der Waals surface area contributed by atoms with Gasteiger partial charge in [-0.25, -0.2) is 0 Å². The second-order valence-electron chi connectivity index (χ2n) is 18.8. The van der Waals surface area contributed by atoms with Crippen molar-refractivity contribution in [3.05, 3.63) is 153 Å². The molecule has 2 heterocycles. The Labute approximate surface area is 308 Å². The van der Waals surface area contributed by atoms with Crippen LogP contribution < -0.4 is 9.47 Å². The number of hydrogen-bond acceptors (Lipinski definition) is 1. The van der Waals surface area contributed by atoms with E-state index in [0.717, 1.165) is 13.1 Å². The zero-order valence-corrected chi connectivity index (χ0v) is 33.3. The first-order valence-electron chi connectivity index (χ1n) is 18.8. The van der Waals surface area contributed by atoms with Crippen molar-refractivity contribution in [3.63, 3.8) is 0 Å². The van der Waals surface area contributed by atoms with Gasteiger partial charge in [-0.1, -0.05) is 144 Å². The number of benzene rings is 4. The van der Waals surface area contributed by atoms with Crippen LogP contribution in [0.3, 0.4) is 0 Å². The second kappa shape index (κ2) is 13.3. The molecule has 51 heavy (non-hydrogen) atoms. The molecule has 0 aliphatic carbocycles. The maximum absolute atomic E-state index is 2.51. The average Bonchev–Trinajstić information content (AvgIpc) is 3.05. The lowest BCUT2D eigenvalue weighted by atomic mass is 9.79. The summed E-state index contributed by atoms with van der Waals surface area (Å²) in [6, 6.07) is 36.7. The molecule has 0 N–H and O–H groups in total. The number of anilines is 1. The van der Waals surface area contributed by atoms with Crippen LogP contribution in [0.2, 0.25) is 0 Å². The number of nitrogens with zero attached hydrogens (tertiary/aromatic N) is 2. The lowest BCUT2D eigenvalue weighted by Gasteiger charge is -2.32. The van der Waals surface area contributed by atoms with Gasteiger partial charge in [-0.3, -0.25) is 0 Å². The van der Waals surface area contributed by atoms with Crippen LogP contribution in [0, 0.1) is 0 Å². The normalized spacial score (nSPS) is 14.7. The van der Waals surface area contributed by atoms with Crippen LogP contribution in [0.1, 0.15) is 128 Å². The van der Waals surface area contributed by atoms with Gasteiger partial charge < -0.3 is 4.90 Å². The fourth-order valence-electron chi connectivity index (χ4n) is 6.98. The van der Waals surface area contributed by atoms with E-state index in [9.17, 15) is 0 Å². The number of para-hydroxylation sites is 2. The molecule has 4 aromatic carbocycles. The molecule has 0 saturated carbocycles. The fraction of sp³-hybridized carbons (Fsp3) is 0.367. The topological polar surface area (TPSA) is 7.12 Å². The minimum Gasteiger partial charge on any atom is -0.336 e. The average molecular weight is 676 g/mol. The molecular formula is C49H59N2+. The highest BCUT2D eigenvalue weighted by Crippen LogP contribution is 2.36. The molecule has 5 aromatic rings. The van der Waals surface area contributed by atoms with Gasteiger partial charge in [0.2, 0.25) is 11.2 Å². The Hall–Kier alpha value is -4.43. The van der Waals surface area contributed by atoms with Gasteiger partial charge in [-0.05, 0) is 91.4 Å². The Morgan fingerprint density at radius 2 is 1.04 bits per heavy atom. The summed E-state index contributed by atoms with van der Waals surface area (Å²) in [7, 11) is 0. The predicted octanol–water partition coefficient (Wildman–Crippen LogP) is 12.4. The van der Waals surface area contributed by atoms with E-state index in [-0.39, 0.29) is 21.7 Å². The van der Waals surface area contributed by atoms with E-state index in [0.29, 0.717) is 0 Å². The molecule has 2 nitrogen and oxygen atoms in total. The third-order valence-electron chi connectivity index (χ3n) is 10.4. The maximum atomic E-state index is 2.51. The Morgan fingerprint density at radius 1 is 0.529 bits per heavy atom. The number of rotatable bonds is 5. The molecule has 1 aromatic heterocycles. The largest absolute Gasteiger partial charge is 0.336 e. The van der Waals surface area contributed by atoms with E-state index in [1.807, 2.05) is 0 Å². The second-order valence-corrected chi connectivity index (χ2v) is 18.8. The van der Waals surface area contributed by atoms with Crippen LogP contribution in [-0.4, -0.2) is 0 Å². The third-order valence-corrected chi connectivity index (χ3v) is 10.4. The number of pyridine rings is 1. The molecule has 1 aliphatic rings. The molecule has 0 spiro atoms. The molecule has 0 amide bonds. The van der Waals surface area contributed by atoms with Gasteiger partial charge in [0.15, 0.2) is 6.54 Å². The Balaban J connectivity index is 1.51. The number of aromatic nitrogens is 1. The van der Waals surface area contributed by atoms with E-state index < -0.39 is 0 Å². The number of hydrogen-bond donors (Lipinski definition) is 0. The van der Waals surface area contributed by atoms with Crippen molar-refractivity contribution in [1.29, 1.82) is 0 Å². The van der Waals surface area contributed by atoms with Crippen LogP contribution in [0.15, 0.2) is 109 Å². The standard InChI is InChI=1S/C49H59N2/c1-46(2,3)38-25-34(26-39(29-38)47(4,5)6)32-50-42(23-21-36-17-13-15-19-44(36)50)31-43-24-22-37-18-14-16-20-45(37)51(43)33-35-27-40(48(7,8)9)30-41(28-35)49(10,11)12/h13-31H,32-33H2,1-12H3/q+1. The summed E-state index contributed by atoms with van der Waals surface area (Å²) in [4.78, 5) is 2.51. The fourth-order valence-corrected chi connectivity index (χ4v) is 6.98. The molecule has 1 aliphatic heterocycles. The summed E-state index contributed by atoms with van der Waals surface area (Å²) in [5.41, 5.74) is 14.6. The number of allylic oxidation sites excluding steroid dienone is 1. The molecule has 0 bridgehead atoms. The minimum atomic E-state index is 0.0577. The highest BCUT2D eigenvalue weighted by molar-refractivity contribution is 5.81. The van der Waals surface area contributed by atoms with Gasteiger partial charge in [-0.15, -0.1) is 0 Å². The summed E-state index contributed by atoms with van der Waals surface area (Å²) in [5, 5.41) is 1.25. The van der Waals surface area contributed by atoms with Crippen LogP contribution >= 0.6 is 0 Å². The summed E-state index contributed by atoms with van der Waals surface area (Å²) < 4.78 is 2.51. The van der Waals surface area contributed by atoms with E-state index in [1.165, 1.54) is 66.9 Å². The van der Waals surface area contributed by atoms with Crippen molar-refractivity contribution in [3.8, 4) is 0 Å². The zero-order valence-electron chi connectivity index (χ0n) is 33.3. The Kier molecular flexibility index (Phi) is 9.47. The van der Waals surface area contributed by atoms with Gasteiger partial charge in [-0.2, -0.15) is 4.57 Å². The molecule has 264 valence electrons. The highest BCUT2D eigenvalue weighted by atomic mass is 15.1. The van der Waals surface area contributed by atoms with Crippen LogP contribution in [0.25, 0.3) is 23.1 Å². The molecule has 0 saturated heterocycles. The quantitative estimate of drug-likeness (QED) is 0.168. The molecule has 0 fully saturated rings. The molecule has 6 rings (SSSR count). The van der Waals surface area contributed by atoms with Crippen molar-refractivity contribution in [2.75, 3.05) is 4.90 Å². The van der Waals surface area contributed by atoms with Crippen LogP contribution in [-0.2, 0) is 34.7 Å². The minimum absolute atomic E-state index is 0.0577. The van der Waals surface area contributed by atoms with Gasteiger partial charge >= 0.3 is 0 Å². The van der Waals surface area contributed by atoms with E-state index in [4.69, 9.17) is 0 Å². The first kappa shape index (κ1) is 36.4. The monoisotopic (exact) mass is 675 g/mol. The van der Waals surface area contributed by atoms with Crippen molar-refractivity contribution < 1.29 is 4.57 Å². The first-order chi connectivity index (χ1) is 23.8. The molecule has 0 atom stereocenters. The zero-order chi connectivity index (χ0) is 36.9. The van der Waals surface area contributed by atoms with E-state index in [1.54, 1.807) is 0 Å². The number of fused-ring (bicyclic) bond motifs is 2. The maximum Gasteiger partial charge on any atom is 0.213 e. The lowest BCUT2D eigenvalue weighted by Crippen LogP contribution is -2.39. The third kappa shape index (κ3) is 8.06. The summed E-state index contributed by atoms with van der Waals surface area (Å²) in [6.07, 6.45) is 6.98. The van der Waals surface area contributed by atoms with Gasteiger partial charge in [0.1, 0.15) is 0 Å². The van der Waals surface area contributed by atoms with Crippen LogP contribution in [0.4, 0.5) is 5.69 Å². The van der Waals surface area contributed by atoms with Crippen molar-refractivity contribution in [2.24, 2.45) is 0 Å². The summed E-state index contributed by atoms with van der Waals surface area (Å²) >= 11 is 0. The molecule has 0 radical (unpaired) electrons. The van der Waals surface area contributed by atoms with Crippen molar-refractivity contribution in [1.82, 2.24) is 0 Å². The summed E-state index contributed by atoms with van der Waals surface area (Å²) in [6.45, 7) is 29.4. The van der Waals surface area contributed by atoms with Crippen LogP contribution in [0.5, 0.6) is 0 Å². The van der Waals surface area contributed by atoms with Gasteiger partial charge in [0.05, 0.1) is 0 Å². The highest BCUT2D eigenvalue weighted by Gasteiger charge is 2.26. The van der Waals surface area contributed by atoms with E-state index >= 15 is 0 Å². The van der Waals surface area contributed by atoms with E-state index in [2.05, 4.69) is 208 Å². The smallest absolute Gasteiger partial charge is 0.213 e. The van der Waals surface area contributed by atoms with Gasteiger partial charge in [0, 0.05) is 47.1 Å². The SMILES string of the molecule is CC(C)(C)c1cc(CN2/C(=C/c3ccc4ccccc4[n+]3Cc3cc(C(C)(C)C)cc(C(C)(C)C)c3)C=Cc3ccccc32)cc(C(C)(C)C)c1. The summed E-state index contributed by atoms with van der Waals surface area (Å²) in [5.74, 6) is 0. The molecule has 2 heteroatoms. The van der Waals surface area contributed by atoms with Gasteiger partial charge in [0.25, 0.3) is 0 Å². The molecular weight excluding hydrogens is 617 g/mol. The Morgan fingerprint density at radius 3 is 1.61 bits per heavy atom. The lowest BCUT2D eigenvalue weighted by molar-refractivity contribution is -0.664. The van der Waals surface area contributed by atoms with Crippen molar-refractivity contribution in [2.45, 2.75) is 118 Å². The van der Waals surface area contributed by atoms with Crippen molar-refractivity contribution >= 4 is 28.7 Å². The first-order valence-corrected chi connectivity index (χ1v) is 18.8. The predicted molar refractivity (Wildman–Crippen MR) is 221 cm³/mol.